The van der Waals surface area contributed by atoms with E-state index in [0.717, 1.165) is 10.5 Å². The Kier molecular flexibility index (Phi) is 4.42. The fraction of sp³-hybridized carbons (Fsp3) is 0.250. The minimum atomic E-state index is -0.753. The van der Waals surface area contributed by atoms with Crippen LogP contribution in [-0.4, -0.2) is 23.2 Å². The van der Waals surface area contributed by atoms with Crippen LogP contribution >= 0.6 is 0 Å². The summed E-state index contributed by atoms with van der Waals surface area (Å²) in [6.45, 7) is 3.18. The highest BCUT2D eigenvalue weighted by atomic mass is 16.2. The first-order valence-corrected chi connectivity index (χ1v) is 5.33. The second-order valence-corrected chi connectivity index (χ2v) is 3.86. The molecule has 96 valence electrons. The quantitative estimate of drug-likeness (QED) is 0.612. The van der Waals surface area contributed by atoms with Crippen LogP contribution < -0.4 is 11.1 Å². The van der Waals surface area contributed by atoms with Crippen LogP contribution in [0.1, 0.15) is 18.1 Å². The monoisotopic (exact) mass is 249 g/mol. The zero-order chi connectivity index (χ0) is 13.7. The first-order chi connectivity index (χ1) is 8.45. The van der Waals surface area contributed by atoms with Gasteiger partial charge in [-0.3, -0.25) is 19.8 Å². The highest BCUT2D eigenvalue weighted by molar-refractivity contribution is 5.97. The minimum Gasteiger partial charge on any atom is -0.399 e. The normalized spacial score (nSPS) is 9.67. The molecule has 0 heterocycles. The standard InChI is InChI=1S/C12H15N3O3/c1-8-3-4-10(5-11(8)13)6-15(9(2)17)12(18)14-7-16/h3-5,7H,6,13H2,1-2H3,(H,14,16,18). The van der Waals surface area contributed by atoms with Gasteiger partial charge in [0.05, 0.1) is 6.54 Å². The average molecular weight is 249 g/mol. The second-order valence-electron chi connectivity index (χ2n) is 3.86. The number of anilines is 1. The average Bonchev–Trinajstić information content (AvgIpc) is 2.30. The molecule has 6 heteroatoms. The van der Waals surface area contributed by atoms with Crippen LogP contribution in [0, 0.1) is 6.92 Å². The SMILES string of the molecule is CC(=O)N(Cc1ccc(C)c(N)c1)C(=O)NC=O. The first kappa shape index (κ1) is 13.7. The Morgan fingerprint density at radius 2 is 2.11 bits per heavy atom. The van der Waals surface area contributed by atoms with Crippen LogP contribution in [0.3, 0.4) is 0 Å². The predicted octanol–water partition coefficient (Wildman–Crippen LogP) is 0.792. The molecule has 0 atom stereocenters. The van der Waals surface area contributed by atoms with Crippen molar-refractivity contribution in [3.8, 4) is 0 Å². The van der Waals surface area contributed by atoms with Crippen LogP contribution in [0.15, 0.2) is 18.2 Å². The van der Waals surface area contributed by atoms with E-state index in [1.807, 2.05) is 12.2 Å². The molecule has 0 aliphatic carbocycles. The summed E-state index contributed by atoms with van der Waals surface area (Å²) < 4.78 is 0. The number of benzene rings is 1. The van der Waals surface area contributed by atoms with Gasteiger partial charge in [-0.2, -0.15) is 0 Å². The molecule has 3 N–H and O–H groups in total. The van der Waals surface area contributed by atoms with Crippen molar-refractivity contribution in [3.05, 3.63) is 29.3 Å². The van der Waals surface area contributed by atoms with E-state index >= 15 is 0 Å². The molecule has 1 aromatic rings. The van der Waals surface area contributed by atoms with Crippen molar-refractivity contribution in [2.75, 3.05) is 5.73 Å². The summed E-state index contributed by atoms with van der Waals surface area (Å²) in [7, 11) is 0. The van der Waals surface area contributed by atoms with Gasteiger partial charge in [-0.15, -0.1) is 0 Å². The topological polar surface area (TPSA) is 92.5 Å². The summed E-state index contributed by atoms with van der Waals surface area (Å²) in [5.41, 5.74) is 7.98. The number of aryl methyl sites for hydroxylation is 1. The molecule has 1 aromatic carbocycles. The van der Waals surface area contributed by atoms with E-state index in [1.165, 1.54) is 6.92 Å². The molecule has 1 rings (SSSR count). The third-order valence-electron chi connectivity index (χ3n) is 2.49. The number of carbonyl (C=O) groups excluding carboxylic acids is 3. The molecule has 0 spiro atoms. The zero-order valence-corrected chi connectivity index (χ0v) is 10.3. The number of imide groups is 2. The highest BCUT2D eigenvalue weighted by Gasteiger charge is 2.17. The lowest BCUT2D eigenvalue weighted by molar-refractivity contribution is -0.126. The predicted molar refractivity (Wildman–Crippen MR) is 66.4 cm³/mol. The van der Waals surface area contributed by atoms with E-state index in [0.29, 0.717) is 11.3 Å². The number of nitrogens with two attached hydrogens (primary N) is 1. The van der Waals surface area contributed by atoms with Crippen molar-refractivity contribution >= 4 is 24.0 Å². The fourth-order valence-corrected chi connectivity index (χ4v) is 1.43. The molecule has 0 aromatic heterocycles. The molecule has 0 aliphatic rings. The number of nitrogens with one attached hydrogen (secondary N) is 1. The van der Waals surface area contributed by atoms with Gasteiger partial charge in [-0.25, -0.2) is 4.79 Å². The van der Waals surface area contributed by atoms with Gasteiger partial charge >= 0.3 is 6.03 Å². The van der Waals surface area contributed by atoms with E-state index in [-0.39, 0.29) is 13.0 Å². The van der Waals surface area contributed by atoms with Crippen molar-refractivity contribution in [1.29, 1.82) is 0 Å². The van der Waals surface area contributed by atoms with Crippen LogP contribution in [0.25, 0.3) is 0 Å². The number of urea groups is 1. The molecule has 0 bridgehead atoms. The van der Waals surface area contributed by atoms with Gasteiger partial charge in [0, 0.05) is 12.6 Å². The highest BCUT2D eigenvalue weighted by Crippen LogP contribution is 2.14. The van der Waals surface area contributed by atoms with Gasteiger partial charge in [0.2, 0.25) is 12.3 Å². The van der Waals surface area contributed by atoms with Gasteiger partial charge < -0.3 is 5.73 Å². The Morgan fingerprint density at radius 1 is 1.44 bits per heavy atom. The zero-order valence-electron chi connectivity index (χ0n) is 10.3. The Morgan fingerprint density at radius 3 is 2.61 bits per heavy atom. The Hall–Kier alpha value is -2.37. The Labute approximate surface area is 105 Å². The third kappa shape index (κ3) is 3.31. The van der Waals surface area contributed by atoms with Crippen LogP contribution in [0.5, 0.6) is 0 Å². The van der Waals surface area contributed by atoms with Gasteiger partial charge in [-0.1, -0.05) is 12.1 Å². The van der Waals surface area contributed by atoms with Crippen molar-refractivity contribution in [2.24, 2.45) is 0 Å². The summed E-state index contributed by atoms with van der Waals surface area (Å²) >= 11 is 0. The Bertz CT molecular complexity index is 485. The molecule has 0 radical (unpaired) electrons. The van der Waals surface area contributed by atoms with Crippen LogP contribution in [-0.2, 0) is 16.1 Å². The molecule has 0 fully saturated rings. The summed E-state index contributed by atoms with van der Waals surface area (Å²) in [5.74, 6) is -0.450. The smallest absolute Gasteiger partial charge is 0.330 e. The molecular formula is C12H15N3O3. The van der Waals surface area contributed by atoms with Crippen LogP contribution in [0.2, 0.25) is 0 Å². The lowest BCUT2D eigenvalue weighted by atomic mass is 10.1. The van der Waals surface area contributed by atoms with Crippen LogP contribution in [0.4, 0.5) is 10.5 Å². The number of nitrogens with zero attached hydrogens (tertiary/aromatic N) is 1. The second kappa shape index (κ2) is 5.81. The molecular weight excluding hydrogens is 234 g/mol. The summed E-state index contributed by atoms with van der Waals surface area (Å²) in [6, 6.07) is 4.52. The molecule has 0 unspecified atom stereocenters. The molecule has 0 saturated carbocycles. The third-order valence-corrected chi connectivity index (χ3v) is 2.49. The Balaban J connectivity index is 2.89. The maximum Gasteiger partial charge on any atom is 0.330 e. The number of amides is 4. The number of carbonyl (C=O) groups is 3. The molecule has 6 nitrogen and oxygen atoms in total. The summed E-state index contributed by atoms with van der Waals surface area (Å²) in [4.78, 5) is 33.9. The molecule has 18 heavy (non-hydrogen) atoms. The van der Waals surface area contributed by atoms with Crippen molar-refractivity contribution < 1.29 is 14.4 Å². The number of hydrogen-bond donors (Lipinski definition) is 2. The maximum atomic E-state index is 11.5. The van der Waals surface area contributed by atoms with E-state index in [1.54, 1.807) is 18.2 Å². The number of nitrogen functional groups attached to an aromatic ring is 1. The molecule has 0 aliphatic heterocycles. The molecule has 4 amide bonds. The van der Waals surface area contributed by atoms with Gasteiger partial charge in [0.25, 0.3) is 0 Å². The molecule has 0 saturated heterocycles. The number of rotatable bonds is 3. The lowest BCUT2D eigenvalue weighted by Gasteiger charge is -2.18. The van der Waals surface area contributed by atoms with E-state index in [2.05, 4.69) is 0 Å². The van der Waals surface area contributed by atoms with Gasteiger partial charge in [0.1, 0.15) is 0 Å². The van der Waals surface area contributed by atoms with Crippen molar-refractivity contribution in [2.45, 2.75) is 20.4 Å². The maximum absolute atomic E-state index is 11.5. The lowest BCUT2D eigenvalue weighted by Crippen LogP contribution is -2.41. The van der Waals surface area contributed by atoms with Gasteiger partial charge in [0.15, 0.2) is 0 Å². The number of hydrogen-bond acceptors (Lipinski definition) is 4. The minimum absolute atomic E-state index is 0.0689. The van der Waals surface area contributed by atoms with E-state index in [4.69, 9.17) is 5.73 Å². The van der Waals surface area contributed by atoms with E-state index < -0.39 is 11.9 Å². The first-order valence-electron chi connectivity index (χ1n) is 5.33. The van der Waals surface area contributed by atoms with E-state index in [9.17, 15) is 14.4 Å². The van der Waals surface area contributed by atoms with Crippen molar-refractivity contribution in [1.82, 2.24) is 10.2 Å². The van der Waals surface area contributed by atoms with Crippen molar-refractivity contribution in [3.63, 3.8) is 0 Å². The largest absolute Gasteiger partial charge is 0.399 e. The fourth-order valence-electron chi connectivity index (χ4n) is 1.43. The summed E-state index contributed by atoms with van der Waals surface area (Å²) in [6.07, 6.45) is 0.238. The van der Waals surface area contributed by atoms with Gasteiger partial charge in [-0.05, 0) is 24.1 Å². The summed E-state index contributed by atoms with van der Waals surface area (Å²) in [5, 5.41) is 1.93.